The monoisotopic (exact) mass is 481 g/mol. The summed E-state index contributed by atoms with van der Waals surface area (Å²) >= 11 is 5.99. The predicted octanol–water partition coefficient (Wildman–Crippen LogP) is 3.40. The van der Waals surface area contributed by atoms with E-state index in [4.69, 9.17) is 21.4 Å². The summed E-state index contributed by atoms with van der Waals surface area (Å²) in [5.74, 6) is -3.00. The highest BCUT2D eigenvalue weighted by Gasteiger charge is 2.30. The molecule has 0 bridgehead atoms. The van der Waals surface area contributed by atoms with Crippen LogP contribution in [-0.2, 0) is 10.7 Å². The Morgan fingerprint density at radius 2 is 2.03 bits per heavy atom. The number of aldehydes is 1. The number of aromatic nitrogens is 3. The SMILES string of the molecule is CN1CCOCC1.C[C@@H](Nc1nc(Cl)cc2nc(C=O)cn12)c1cccc(C(F)(F)CO)c1. The minimum atomic E-state index is -3.32. The summed E-state index contributed by atoms with van der Waals surface area (Å²) < 4.78 is 34.1. The largest absolute Gasteiger partial charge is 0.390 e. The number of benzene rings is 1. The molecular weight excluding hydrogens is 456 g/mol. The molecule has 11 heteroatoms. The minimum Gasteiger partial charge on any atom is -0.390 e. The zero-order valence-electron chi connectivity index (χ0n) is 18.3. The zero-order valence-corrected chi connectivity index (χ0v) is 19.1. The Balaban J connectivity index is 0.000000374. The first-order valence-electron chi connectivity index (χ1n) is 10.4. The number of hydrogen-bond donors (Lipinski definition) is 2. The first kappa shape index (κ1) is 25.0. The van der Waals surface area contributed by atoms with Crippen LogP contribution in [0.4, 0.5) is 14.7 Å². The van der Waals surface area contributed by atoms with Gasteiger partial charge < -0.3 is 20.1 Å². The Kier molecular flexibility index (Phi) is 8.30. The van der Waals surface area contributed by atoms with E-state index in [0.29, 0.717) is 23.4 Å². The van der Waals surface area contributed by atoms with E-state index in [0.717, 1.165) is 26.3 Å². The molecule has 2 N–H and O–H groups in total. The van der Waals surface area contributed by atoms with E-state index < -0.39 is 18.6 Å². The smallest absolute Gasteiger partial charge is 0.295 e. The molecular formula is C22H26ClF2N5O3. The lowest BCUT2D eigenvalue weighted by molar-refractivity contribution is -0.0556. The van der Waals surface area contributed by atoms with Crippen LogP contribution in [0.3, 0.4) is 0 Å². The molecule has 0 amide bonds. The van der Waals surface area contributed by atoms with E-state index in [-0.39, 0.29) is 16.4 Å². The van der Waals surface area contributed by atoms with Gasteiger partial charge in [0, 0.05) is 30.9 Å². The number of aliphatic hydroxyl groups is 1. The number of alkyl halides is 2. The van der Waals surface area contributed by atoms with Crippen molar-refractivity contribution in [1.82, 2.24) is 19.3 Å². The van der Waals surface area contributed by atoms with Crippen LogP contribution in [0.1, 0.15) is 34.6 Å². The van der Waals surface area contributed by atoms with Gasteiger partial charge in [-0.2, -0.15) is 8.78 Å². The molecule has 1 aliphatic rings. The number of halogens is 3. The number of likely N-dealkylation sites (N-methyl/N-ethyl adjacent to an activating group) is 1. The summed E-state index contributed by atoms with van der Waals surface area (Å²) in [6, 6.07) is 6.86. The van der Waals surface area contributed by atoms with Crippen molar-refractivity contribution in [3.8, 4) is 0 Å². The van der Waals surface area contributed by atoms with E-state index in [1.54, 1.807) is 17.4 Å². The van der Waals surface area contributed by atoms with Crippen molar-refractivity contribution in [1.29, 1.82) is 0 Å². The number of nitrogens with zero attached hydrogens (tertiary/aromatic N) is 4. The van der Waals surface area contributed by atoms with Crippen molar-refractivity contribution in [2.45, 2.75) is 18.9 Å². The van der Waals surface area contributed by atoms with Crippen LogP contribution < -0.4 is 5.32 Å². The van der Waals surface area contributed by atoms with Gasteiger partial charge in [-0.1, -0.05) is 29.8 Å². The second-order valence-electron chi connectivity index (χ2n) is 7.68. The van der Waals surface area contributed by atoms with Crippen molar-refractivity contribution >= 4 is 29.5 Å². The lowest BCUT2D eigenvalue weighted by Gasteiger charge is -2.21. The maximum absolute atomic E-state index is 13.7. The van der Waals surface area contributed by atoms with Gasteiger partial charge >= 0.3 is 0 Å². The Bertz CT molecular complexity index is 1090. The number of fused-ring (bicyclic) bond motifs is 1. The van der Waals surface area contributed by atoms with Crippen LogP contribution in [0.25, 0.3) is 5.65 Å². The Hall–Kier alpha value is -2.66. The molecule has 4 rings (SSSR count). The molecule has 33 heavy (non-hydrogen) atoms. The van der Waals surface area contributed by atoms with E-state index >= 15 is 0 Å². The Morgan fingerprint density at radius 3 is 2.64 bits per heavy atom. The molecule has 2 aromatic heterocycles. The topological polar surface area (TPSA) is 92.0 Å². The third-order valence-electron chi connectivity index (χ3n) is 5.15. The Morgan fingerprint density at radius 1 is 1.30 bits per heavy atom. The van der Waals surface area contributed by atoms with Crippen molar-refractivity contribution in [2.75, 3.05) is 45.3 Å². The highest BCUT2D eigenvalue weighted by atomic mass is 35.5. The predicted molar refractivity (Wildman–Crippen MR) is 121 cm³/mol. The van der Waals surface area contributed by atoms with E-state index in [1.165, 1.54) is 30.5 Å². The van der Waals surface area contributed by atoms with Gasteiger partial charge in [0.05, 0.1) is 19.3 Å². The second kappa shape index (κ2) is 11.0. The molecule has 0 spiro atoms. The third kappa shape index (κ3) is 6.44. The molecule has 0 aliphatic carbocycles. The molecule has 0 unspecified atom stereocenters. The van der Waals surface area contributed by atoms with E-state index in [9.17, 15) is 13.6 Å². The van der Waals surface area contributed by atoms with Gasteiger partial charge in [0.1, 0.15) is 23.1 Å². The molecule has 1 aliphatic heterocycles. The van der Waals surface area contributed by atoms with Crippen molar-refractivity contribution in [3.05, 3.63) is 58.5 Å². The fourth-order valence-corrected chi connectivity index (χ4v) is 3.37. The average Bonchev–Trinajstić information content (AvgIpc) is 3.23. The summed E-state index contributed by atoms with van der Waals surface area (Å²) in [5, 5.41) is 12.1. The standard InChI is InChI=1S/C17H15ClF2N4O2.C5H11NO/c1-10(11-3-2-4-12(5-11)17(19,20)9-26)21-16-23-14(18)6-15-22-13(8-25)7-24(15)16;1-6-2-4-7-5-3-6/h2-8,10,26H,9H2,1H3,(H,21,23);2-5H2,1H3/t10-;/m1./s1. The van der Waals surface area contributed by atoms with Gasteiger partial charge in [0.15, 0.2) is 6.29 Å². The van der Waals surface area contributed by atoms with Gasteiger partial charge in [-0.25, -0.2) is 9.97 Å². The normalized spacial score (nSPS) is 15.6. The lowest BCUT2D eigenvalue weighted by atomic mass is 10.0. The quantitative estimate of drug-likeness (QED) is 0.412. The third-order valence-corrected chi connectivity index (χ3v) is 5.34. The molecule has 3 heterocycles. The van der Waals surface area contributed by atoms with Gasteiger partial charge in [-0.05, 0) is 25.6 Å². The number of hydrogen-bond acceptors (Lipinski definition) is 7. The van der Waals surface area contributed by atoms with Gasteiger partial charge in [-0.15, -0.1) is 0 Å². The van der Waals surface area contributed by atoms with Gasteiger partial charge in [0.2, 0.25) is 5.95 Å². The van der Waals surface area contributed by atoms with Gasteiger partial charge in [0.25, 0.3) is 5.92 Å². The summed E-state index contributed by atoms with van der Waals surface area (Å²) in [4.78, 5) is 21.5. The van der Waals surface area contributed by atoms with Crippen molar-refractivity contribution < 1.29 is 23.4 Å². The first-order chi connectivity index (χ1) is 15.7. The highest BCUT2D eigenvalue weighted by molar-refractivity contribution is 6.29. The average molecular weight is 482 g/mol. The number of anilines is 1. The summed E-state index contributed by atoms with van der Waals surface area (Å²) in [6.45, 7) is 4.52. The number of nitrogens with one attached hydrogen (secondary N) is 1. The van der Waals surface area contributed by atoms with Crippen LogP contribution in [0.15, 0.2) is 36.5 Å². The maximum atomic E-state index is 13.7. The number of ether oxygens (including phenoxy) is 1. The number of aliphatic hydroxyl groups excluding tert-OH is 1. The summed E-state index contributed by atoms with van der Waals surface area (Å²) in [7, 11) is 2.11. The molecule has 0 radical (unpaired) electrons. The number of rotatable bonds is 6. The van der Waals surface area contributed by atoms with Crippen LogP contribution >= 0.6 is 11.6 Å². The molecule has 8 nitrogen and oxygen atoms in total. The summed E-state index contributed by atoms with van der Waals surface area (Å²) in [6.07, 6.45) is 2.10. The maximum Gasteiger partial charge on any atom is 0.295 e. The molecule has 1 fully saturated rings. The first-order valence-corrected chi connectivity index (χ1v) is 10.7. The molecule has 3 aromatic rings. The second-order valence-corrected chi connectivity index (χ2v) is 8.07. The molecule has 1 aromatic carbocycles. The van der Waals surface area contributed by atoms with Crippen LogP contribution in [-0.4, -0.2) is 70.6 Å². The zero-order chi connectivity index (χ0) is 24.0. The molecule has 1 atom stereocenters. The van der Waals surface area contributed by atoms with Crippen LogP contribution in [0, 0.1) is 0 Å². The molecule has 1 saturated heterocycles. The number of carbonyl (C=O) groups excluding carboxylic acids is 1. The fraction of sp³-hybridized carbons (Fsp3) is 0.409. The number of imidazole rings is 1. The lowest BCUT2D eigenvalue weighted by Crippen LogP contribution is -2.32. The van der Waals surface area contributed by atoms with Crippen molar-refractivity contribution in [3.63, 3.8) is 0 Å². The molecule has 0 saturated carbocycles. The number of morpholine rings is 1. The highest BCUT2D eigenvalue weighted by Crippen LogP contribution is 2.30. The summed E-state index contributed by atoms with van der Waals surface area (Å²) in [5.41, 5.74) is 0.944. The van der Waals surface area contributed by atoms with E-state index in [1.807, 2.05) is 0 Å². The van der Waals surface area contributed by atoms with Crippen LogP contribution in [0.2, 0.25) is 5.15 Å². The van der Waals surface area contributed by atoms with Gasteiger partial charge in [-0.3, -0.25) is 9.20 Å². The Labute approximate surface area is 195 Å². The molecule has 178 valence electrons. The minimum absolute atomic E-state index is 0.177. The van der Waals surface area contributed by atoms with Crippen LogP contribution in [0.5, 0.6) is 0 Å². The number of carbonyl (C=O) groups is 1. The van der Waals surface area contributed by atoms with Crippen molar-refractivity contribution in [2.24, 2.45) is 0 Å². The van der Waals surface area contributed by atoms with E-state index in [2.05, 4.69) is 27.2 Å². The fourth-order valence-electron chi connectivity index (χ4n) is 3.20.